The highest BCUT2D eigenvalue weighted by atomic mass is 32.2. The fourth-order valence-corrected chi connectivity index (χ4v) is 8.89. The molecule has 7 rings (SSSR count). The van der Waals surface area contributed by atoms with Crippen molar-refractivity contribution in [3.8, 4) is 23.1 Å². The van der Waals surface area contributed by atoms with Crippen LogP contribution >= 0.6 is 0 Å². The van der Waals surface area contributed by atoms with Crippen molar-refractivity contribution in [2.75, 3.05) is 43.0 Å². The minimum Gasteiger partial charge on any atom is -0.389 e. The van der Waals surface area contributed by atoms with E-state index in [2.05, 4.69) is 46.8 Å². The van der Waals surface area contributed by atoms with E-state index in [-0.39, 0.29) is 59.6 Å². The number of nitrogens with one attached hydrogen (secondary N) is 2. The van der Waals surface area contributed by atoms with E-state index in [4.69, 9.17) is 4.74 Å². The van der Waals surface area contributed by atoms with Gasteiger partial charge in [0.25, 0.3) is 10.0 Å². The van der Waals surface area contributed by atoms with Gasteiger partial charge in [-0.1, -0.05) is 17.9 Å². The first-order valence-corrected chi connectivity index (χ1v) is 22.4. The number of hydrogen-bond acceptors (Lipinski definition) is 11. The Labute approximate surface area is 368 Å². The number of benzene rings is 2. The summed E-state index contributed by atoms with van der Waals surface area (Å²) in [6, 6.07) is 9.92. The number of rotatable bonds is 13. The Kier molecular flexibility index (Phi) is 14.1. The van der Waals surface area contributed by atoms with Crippen molar-refractivity contribution in [1.29, 1.82) is 0 Å². The zero-order valence-electron chi connectivity index (χ0n) is 35.3. The molecule has 2 aromatic carbocycles. The van der Waals surface area contributed by atoms with Crippen LogP contribution in [0.1, 0.15) is 69.9 Å². The highest BCUT2D eigenvalue weighted by molar-refractivity contribution is 7.90. The molecule has 15 nitrogen and oxygen atoms in total. The molecule has 0 unspecified atom stereocenters. The van der Waals surface area contributed by atoms with Gasteiger partial charge in [-0.25, -0.2) is 19.2 Å². The van der Waals surface area contributed by atoms with E-state index in [1.165, 1.54) is 42.0 Å². The number of likely N-dealkylation sites (tertiary alicyclic amines) is 1. The summed E-state index contributed by atoms with van der Waals surface area (Å²) in [5.74, 6) is 4.92. The summed E-state index contributed by atoms with van der Waals surface area (Å²) in [7, 11) is -4.26. The molecule has 4 heterocycles. The average Bonchev–Trinajstić information content (AvgIpc) is 3.70. The number of nitrogens with zero attached hydrogens (tertiary/aromatic N) is 7. The van der Waals surface area contributed by atoms with Crippen LogP contribution in [0.5, 0.6) is 0 Å². The van der Waals surface area contributed by atoms with E-state index in [0.717, 1.165) is 81.9 Å². The normalized spacial score (nSPS) is 19.4. The quantitative estimate of drug-likeness (QED) is 0.0751. The Morgan fingerprint density at radius 2 is 1.80 bits per heavy atom. The van der Waals surface area contributed by atoms with E-state index in [9.17, 15) is 36.3 Å². The summed E-state index contributed by atoms with van der Waals surface area (Å²) in [4.78, 5) is 35.0. The van der Waals surface area contributed by atoms with Crippen LogP contribution in [0.2, 0.25) is 0 Å². The molecule has 2 saturated heterocycles. The van der Waals surface area contributed by atoms with Crippen molar-refractivity contribution in [2.45, 2.75) is 88.1 Å². The molecule has 2 aliphatic heterocycles. The first-order chi connectivity index (χ1) is 30.4. The monoisotopic (exact) mass is 907 g/mol. The number of piperidine rings is 1. The van der Waals surface area contributed by atoms with E-state index < -0.39 is 44.9 Å². The molecular weight excluding hydrogens is 859 g/mol. The summed E-state index contributed by atoms with van der Waals surface area (Å²) in [6.45, 7) is 6.41. The molecule has 64 heavy (non-hydrogen) atoms. The number of alkyl halides is 3. The molecule has 2 aromatic heterocycles. The number of halogens is 4. The standard InChI is InChI=1S/C44H49F4N9O6S/c1-43(2,60)28-56-27-32(24-50-56)40-36(44(46,47)48)25-49-41(54-40)52-38-13-12-35(22-37(38)45)64(61,62)51-23-30-8-10-31(11-9-30)26-55-17-14-34(15-18-55)63-20-4-6-29-5-3-7-33(21-29)57-19-16-39(58)53-42(57)59/h3,5,7,12-13,21-25,27,30-31,34,60H,8-11,14-20,26,28H2,1-2H3,(H,49,52,54)(H,53,58,59)/b51-23+. The van der Waals surface area contributed by atoms with Gasteiger partial charge in [-0.3, -0.25) is 19.7 Å². The highest BCUT2D eigenvalue weighted by Gasteiger charge is 2.36. The molecule has 340 valence electrons. The van der Waals surface area contributed by atoms with E-state index in [0.29, 0.717) is 24.3 Å². The first kappa shape index (κ1) is 46.2. The zero-order chi connectivity index (χ0) is 45.6. The molecule has 3 aliphatic rings. The fraction of sp³-hybridized carbons (Fsp3) is 0.455. The summed E-state index contributed by atoms with van der Waals surface area (Å²) in [5, 5.41) is 19.0. The third-order valence-electron chi connectivity index (χ3n) is 11.2. The van der Waals surface area contributed by atoms with Crippen molar-refractivity contribution in [3.63, 3.8) is 0 Å². The van der Waals surface area contributed by atoms with Crippen molar-refractivity contribution in [1.82, 2.24) is 30.0 Å². The second-order valence-corrected chi connectivity index (χ2v) is 18.5. The number of imide groups is 1. The smallest absolute Gasteiger partial charge is 0.389 e. The Hall–Kier alpha value is -5.75. The Morgan fingerprint density at radius 3 is 2.50 bits per heavy atom. The molecule has 0 atom stereocenters. The van der Waals surface area contributed by atoms with Gasteiger partial charge < -0.3 is 20.1 Å². The second kappa shape index (κ2) is 19.6. The maximum atomic E-state index is 15.3. The number of hydrogen-bond donors (Lipinski definition) is 3. The molecule has 1 saturated carbocycles. The van der Waals surface area contributed by atoms with Crippen molar-refractivity contribution in [3.05, 3.63) is 78.0 Å². The molecule has 0 spiro atoms. The van der Waals surface area contributed by atoms with Crippen LogP contribution in [0.25, 0.3) is 11.3 Å². The van der Waals surface area contributed by atoms with Crippen LogP contribution in [-0.4, -0.2) is 101 Å². The van der Waals surface area contributed by atoms with Gasteiger partial charge in [0.15, 0.2) is 0 Å². The lowest BCUT2D eigenvalue weighted by atomic mass is 9.82. The number of anilines is 3. The van der Waals surface area contributed by atoms with E-state index in [1.54, 1.807) is 6.07 Å². The molecule has 0 bridgehead atoms. The van der Waals surface area contributed by atoms with E-state index in [1.807, 2.05) is 18.2 Å². The fourth-order valence-electron chi connectivity index (χ4n) is 7.95. The van der Waals surface area contributed by atoms with Crippen LogP contribution in [-0.2, 0) is 32.3 Å². The third kappa shape index (κ3) is 12.3. The summed E-state index contributed by atoms with van der Waals surface area (Å²) in [5.41, 5.74) is -1.70. The van der Waals surface area contributed by atoms with Crippen LogP contribution < -0.4 is 15.5 Å². The van der Waals surface area contributed by atoms with Crippen molar-refractivity contribution < 1.29 is 45.4 Å². The van der Waals surface area contributed by atoms with Gasteiger partial charge in [-0.05, 0) is 101 Å². The number of aromatic nitrogens is 4. The SMILES string of the molecule is CC(C)(O)Cn1cc(-c2nc(Nc3ccc(S(=O)(=O)/N=C/C4CCC(CN5CCC(OCC#Cc6cccc(N7CCC(=O)NC7=O)c6)CC5)CC4)cc3F)ncc2C(F)(F)F)cn1. The van der Waals surface area contributed by atoms with Gasteiger partial charge in [0.05, 0.1) is 40.7 Å². The van der Waals surface area contributed by atoms with Crippen LogP contribution in [0, 0.1) is 29.5 Å². The highest BCUT2D eigenvalue weighted by Crippen LogP contribution is 2.37. The lowest BCUT2D eigenvalue weighted by Crippen LogP contribution is -2.49. The lowest BCUT2D eigenvalue weighted by Gasteiger charge is -2.36. The Morgan fingerprint density at radius 1 is 1.03 bits per heavy atom. The van der Waals surface area contributed by atoms with Crippen LogP contribution in [0.3, 0.4) is 0 Å². The van der Waals surface area contributed by atoms with Crippen molar-refractivity contribution in [2.24, 2.45) is 16.2 Å². The molecule has 3 N–H and O–H groups in total. The predicted octanol–water partition coefficient (Wildman–Crippen LogP) is 6.56. The maximum Gasteiger partial charge on any atom is 0.419 e. The molecule has 4 aromatic rings. The zero-order valence-corrected chi connectivity index (χ0v) is 36.1. The van der Waals surface area contributed by atoms with Gasteiger partial charge in [-0.15, -0.1) is 0 Å². The average molecular weight is 908 g/mol. The summed E-state index contributed by atoms with van der Waals surface area (Å²) in [6.07, 6.45) is 5.12. The molecular formula is C44H49F4N9O6S. The molecule has 3 fully saturated rings. The number of aliphatic hydroxyl groups is 1. The van der Waals surface area contributed by atoms with Gasteiger partial charge in [0, 0.05) is 68.0 Å². The maximum absolute atomic E-state index is 15.3. The second-order valence-electron chi connectivity index (χ2n) is 16.9. The molecule has 1 aliphatic carbocycles. The number of carbonyl (C=O) groups is 2. The number of sulfonamides is 1. The first-order valence-electron chi connectivity index (χ1n) is 21.0. The van der Waals surface area contributed by atoms with Gasteiger partial charge in [0.2, 0.25) is 11.9 Å². The van der Waals surface area contributed by atoms with Crippen LogP contribution in [0.15, 0.2) is 70.3 Å². The van der Waals surface area contributed by atoms with Gasteiger partial charge >= 0.3 is 12.2 Å². The van der Waals surface area contributed by atoms with Gasteiger partial charge in [-0.2, -0.15) is 31.1 Å². The van der Waals surface area contributed by atoms with Crippen LogP contribution in [0.4, 0.5) is 39.7 Å². The van der Waals surface area contributed by atoms with Gasteiger partial charge in [0.1, 0.15) is 18.0 Å². The minimum absolute atomic E-state index is 0.00416. The number of urea groups is 1. The molecule has 20 heteroatoms. The van der Waals surface area contributed by atoms with Crippen molar-refractivity contribution >= 4 is 45.5 Å². The Bertz CT molecular complexity index is 2540. The summed E-state index contributed by atoms with van der Waals surface area (Å²) >= 11 is 0. The number of carbonyl (C=O) groups excluding carboxylic acids is 2. The number of amides is 3. The molecule has 3 amide bonds. The Balaban J connectivity index is 0.851. The largest absolute Gasteiger partial charge is 0.419 e. The third-order valence-corrected chi connectivity index (χ3v) is 12.5. The minimum atomic E-state index is -4.82. The number of ether oxygens (including phenoxy) is 1. The topological polar surface area (TPSA) is 184 Å². The summed E-state index contributed by atoms with van der Waals surface area (Å²) < 4.78 is 94.4. The lowest BCUT2D eigenvalue weighted by molar-refractivity contribution is -0.137. The molecule has 0 radical (unpaired) electrons. The predicted molar refractivity (Wildman–Crippen MR) is 230 cm³/mol. The van der Waals surface area contributed by atoms with E-state index >= 15 is 4.39 Å².